The Labute approximate surface area is 148 Å². The Morgan fingerprint density at radius 1 is 1.12 bits per heavy atom. The lowest BCUT2D eigenvalue weighted by atomic mass is 10.1. The van der Waals surface area contributed by atoms with Crippen LogP contribution in [-0.4, -0.2) is 22.0 Å². The standard InChI is InChI=1S/C21H25N3O/c1-3-21(25)22-14-6-9-20-23-18-7-4-5-8-19(18)24(20)15-17-12-10-16(2)11-13-17/h4-5,7-8,10-13H,3,6,9,14-15H2,1-2H3,(H,22,25). The summed E-state index contributed by atoms with van der Waals surface area (Å²) >= 11 is 0. The second-order valence-electron chi connectivity index (χ2n) is 6.40. The number of amides is 1. The average Bonchev–Trinajstić information content (AvgIpc) is 2.98. The quantitative estimate of drug-likeness (QED) is 0.667. The molecule has 0 unspecified atom stereocenters. The third kappa shape index (κ3) is 4.27. The lowest BCUT2D eigenvalue weighted by molar-refractivity contribution is -0.120. The van der Waals surface area contributed by atoms with E-state index in [-0.39, 0.29) is 5.91 Å². The molecule has 0 atom stereocenters. The molecular formula is C21H25N3O. The highest BCUT2D eigenvalue weighted by molar-refractivity contribution is 5.76. The van der Waals surface area contributed by atoms with Crippen molar-refractivity contribution in [3.63, 3.8) is 0 Å². The first-order valence-electron chi connectivity index (χ1n) is 8.93. The molecule has 0 aliphatic rings. The molecular weight excluding hydrogens is 310 g/mol. The van der Waals surface area contributed by atoms with E-state index in [0.717, 1.165) is 36.2 Å². The van der Waals surface area contributed by atoms with Gasteiger partial charge in [0.1, 0.15) is 5.82 Å². The molecule has 1 N–H and O–H groups in total. The molecule has 0 saturated heterocycles. The third-order valence-electron chi connectivity index (χ3n) is 4.42. The highest BCUT2D eigenvalue weighted by Gasteiger charge is 2.11. The van der Waals surface area contributed by atoms with Crippen molar-refractivity contribution in [3.8, 4) is 0 Å². The van der Waals surface area contributed by atoms with Crippen molar-refractivity contribution in [1.29, 1.82) is 0 Å². The fourth-order valence-corrected chi connectivity index (χ4v) is 2.97. The van der Waals surface area contributed by atoms with Gasteiger partial charge in [-0.15, -0.1) is 0 Å². The average molecular weight is 335 g/mol. The third-order valence-corrected chi connectivity index (χ3v) is 4.42. The number of imidazole rings is 1. The van der Waals surface area contributed by atoms with Gasteiger partial charge in [0.15, 0.2) is 0 Å². The number of hydrogen-bond donors (Lipinski definition) is 1. The lowest BCUT2D eigenvalue weighted by Crippen LogP contribution is -2.23. The molecule has 130 valence electrons. The number of carbonyl (C=O) groups excluding carboxylic acids is 1. The summed E-state index contributed by atoms with van der Waals surface area (Å²) in [5.74, 6) is 1.18. The Morgan fingerprint density at radius 3 is 2.64 bits per heavy atom. The van der Waals surface area contributed by atoms with Gasteiger partial charge in [0, 0.05) is 25.9 Å². The van der Waals surface area contributed by atoms with Crippen LogP contribution in [0.15, 0.2) is 48.5 Å². The van der Waals surface area contributed by atoms with Gasteiger partial charge >= 0.3 is 0 Å². The van der Waals surface area contributed by atoms with E-state index in [1.807, 2.05) is 13.0 Å². The predicted molar refractivity (Wildman–Crippen MR) is 102 cm³/mol. The number of fused-ring (bicyclic) bond motifs is 1. The van der Waals surface area contributed by atoms with Crippen LogP contribution in [-0.2, 0) is 17.8 Å². The van der Waals surface area contributed by atoms with Crippen LogP contribution >= 0.6 is 0 Å². The second-order valence-corrected chi connectivity index (χ2v) is 6.40. The van der Waals surface area contributed by atoms with E-state index in [1.165, 1.54) is 11.1 Å². The molecule has 25 heavy (non-hydrogen) atoms. The number of carbonyl (C=O) groups is 1. The number of benzene rings is 2. The van der Waals surface area contributed by atoms with E-state index >= 15 is 0 Å². The number of aromatic nitrogens is 2. The number of hydrogen-bond acceptors (Lipinski definition) is 2. The first kappa shape index (κ1) is 17.2. The largest absolute Gasteiger partial charge is 0.356 e. The Hall–Kier alpha value is -2.62. The molecule has 4 heteroatoms. The molecule has 0 saturated carbocycles. The van der Waals surface area contributed by atoms with E-state index in [1.54, 1.807) is 0 Å². The summed E-state index contributed by atoms with van der Waals surface area (Å²) in [5, 5.41) is 2.94. The van der Waals surface area contributed by atoms with Crippen molar-refractivity contribution < 1.29 is 4.79 Å². The zero-order valence-electron chi connectivity index (χ0n) is 15.0. The summed E-state index contributed by atoms with van der Waals surface area (Å²) in [7, 11) is 0. The molecule has 0 spiro atoms. The molecule has 0 fully saturated rings. The minimum atomic E-state index is 0.105. The van der Waals surface area contributed by atoms with Crippen molar-refractivity contribution in [3.05, 3.63) is 65.5 Å². The summed E-state index contributed by atoms with van der Waals surface area (Å²) in [4.78, 5) is 16.2. The topological polar surface area (TPSA) is 46.9 Å². The van der Waals surface area contributed by atoms with Crippen LogP contribution in [0.2, 0.25) is 0 Å². The van der Waals surface area contributed by atoms with Gasteiger partial charge in [-0.2, -0.15) is 0 Å². The van der Waals surface area contributed by atoms with Crippen LogP contribution in [0.5, 0.6) is 0 Å². The van der Waals surface area contributed by atoms with Crippen molar-refractivity contribution in [2.24, 2.45) is 0 Å². The van der Waals surface area contributed by atoms with Crippen molar-refractivity contribution in [2.45, 2.75) is 39.7 Å². The number of nitrogens with zero attached hydrogens (tertiary/aromatic N) is 2. The maximum absolute atomic E-state index is 11.4. The number of aryl methyl sites for hydroxylation is 2. The Kier molecular flexibility index (Phi) is 5.49. The summed E-state index contributed by atoms with van der Waals surface area (Å²) in [5.41, 5.74) is 4.73. The summed E-state index contributed by atoms with van der Waals surface area (Å²) in [6.07, 6.45) is 2.28. The monoisotopic (exact) mass is 335 g/mol. The van der Waals surface area contributed by atoms with Crippen LogP contribution in [0.25, 0.3) is 11.0 Å². The SMILES string of the molecule is CCC(=O)NCCCc1nc2ccccc2n1Cc1ccc(C)cc1. The Balaban J connectivity index is 1.79. The van der Waals surface area contributed by atoms with E-state index in [2.05, 4.69) is 59.3 Å². The number of nitrogens with one attached hydrogen (secondary N) is 1. The summed E-state index contributed by atoms with van der Waals surface area (Å²) in [6.45, 7) is 5.49. The zero-order valence-corrected chi connectivity index (χ0v) is 15.0. The molecule has 1 heterocycles. The molecule has 3 rings (SSSR count). The molecule has 3 aromatic rings. The summed E-state index contributed by atoms with van der Waals surface area (Å²) < 4.78 is 2.29. The van der Waals surface area contributed by atoms with Gasteiger partial charge < -0.3 is 9.88 Å². The Bertz CT molecular complexity index is 849. The zero-order chi connectivity index (χ0) is 17.6. The minimum absolute atomic E-state index is 0.105. The van der Waals surface area contributed by atoms with Gasteiger partial charge in [0.25, 0.3) is 0 Å². The molecule has 0 radical (unpaired) electrons. The van der Waals surface area contributed by atoms with E-state index < -0.39 is 0 Å². The summed E-state index contributed by atoms with van der Waals surface area (Å²) in [6, 6.07) is 16.9. The smallest absolute Gasteiger partial charge is 0.219 e. The molecule has 0 bridgehead atoms. The van der Waals surface area contributed by atoms with Gasteiger partial charge in [-0.05, 0) is 31.0 Å². The number of rotatable bonds is 7. The maximum Gasteiger partial charge on any atom is 0.219 e. The van der Waals surface area contributed by atoms with Crippen LogP contribution in [0.3, 0.4) is 0 Å². The van der Waals surface area contributed by atoms with Gasteiger partial charge in [-0.25, -0.2) is 4.98 Å². The molecule has 2 aromatic carbocycles. The van der Waals surface area contributed by atoms with Crippen LogP contribution < -0.4 is 5.32 Å². The highest BCUT2D eigenvalue weighted by atomic mass is 16.1. The normalized spacial score (nSPS) is 11.0. The van der Waals surface area contributed by atoms with Crippen molar-refractivity contribution in [1.82, 2.24) is 14.9 Å². The molecule has 4 nitrogen and oxygen atoms in total. The number of para-hydroxylation sites is 2. The van der Waals surface area contributed by atoms with Gasteiger partial charge in [0.05, 0.1) is 11.0 Å². The molecule has 1 amide bonds. The van der Waals surface area contributed by atoms with Crippen molar-refractivity contribution >= 4 is 16.9 Å². The van der Waals surface area contributed by atoms with Crippen LogP contribution in [0.1, 0.15) is 36.7 Å². The van der Waals surface area contributed by atoms with Crippen LogP contribution in [0, 0.1) is 6.92 Å². The minimum Gasteiger partial charge on any atom is -0.356 e. The van der Waals surface area contributed by atoms with Gasteiger partial charge in [0.2, 0.25) is 5.91 Å². The molecule has 1 aromatic heterocycles. The second kappa shape index (κ2) is 7.97. The van der Waals surface area contributed by atoms with Gasteiger partial charge in [-0.1, -0.05) is 48.9 Å². The first-order valence-corrected chi connectivity index (χ1v) is 8.93. The fourth-order valence-electron chi connectivity index (χ4n) is 2.97. The van der Waals surface area contributed by atoms with E-state index in [0.29, 0.717) is 13.0 Å². The maximum atomic E-state index is 11.4. The lowest BCUT2D eigenvalue weighted by Gasteiger charge is -2.10. The first-order chi connectivity index (χ1) is 12.2. The highest BCUT2D eigenvalue weighted by Crippen LogP contribution is 2.19. The molecule has 0 aliphatic carbocycles. The van der Waals surface area contributed by atoms with E-state index in [4.69, 9.17) is 4.98 Å². The van der Waals surface area contributed by atoms with Crippen LogP contribution in [0.4, 0.5) is 0 Å². The predicted octanol–water partition coefficient (Wildman–Crippen LogP) is 3.85. The fraction of sp³-hybridized carbons (Fsp3) is 0.333. The molecule has 0 aliphatic heterocycles. The van der Waals surface area contributed by atoms with Gasteiger partial charge in [-0.3, -0.25) is 4.79 Å². The van der Waals surface area contributed by atoms with Crippen molar-refractivity contribution in [2.75, 3.05) is 6.54 Å². The Morgan fingerprint density at radius 2 is 1.88 bits per heavy atom. The van der Waals surface area contributed by atoms with E-state index in [9.17, 15) is 4.79 Å².